The number of hydrogen-bond donors (Lipinski definition) is 1. The smallest absolute Gasteiger partial charge is 0.257 e. The predicted molar refractivity (Wildman–Crippen MR) is 70.5 cm³/mol. The Kier molecular flexibility index (Phi) is 3.67. The first-order valence-corrected chi connectivity index (χ1v) is 5.87. The van der Waals surface area contributed by atoms with Gasteiger partial charge in [0.2, 0.25) is 0 Å². The topological polar surface area (TPSA) is 54.9 Å². The SMILES string of the molecule is CCc1cncc(C(=O)Nc2cccnc2)c1C. The van der Waals surface area contributed by atoms with Crippen molar-refractivity contribution in [3.63, 3.8) is 0 Å². The third kappa shape index (κ3) is 2.53. The van der Waals surface area contributed by atoms with Crippen molar-refractivity contribution in [1.29, 1.82) is 0 Å². The molecule has 0 spiro atoms. The molecule has 4 heteroatoms. The highest BCUT2D eigenvalue weighted by molar-refractivity contribution is 6.05. The van der Waals surface area contributed by atoms with E-state index in [1.54, 1.807) is 36.9 Å². The lowest BCUT2D eigenvalue weighted by Crippen LogP contribution is -2.14. The summed E-state index contributed by atoms with van der Waals surface area (Å²) >= 11 is 0. The molecule has 92 valence electrons. The Morgan fingerprint density at radius 2 is 2.11 bits per heavy atom. The van der Waals surface area contributed by atoms with Crippen LogP contribution in [0.2, 0.25) is 0 Å². The Morgan fingerprint density at radius 3 is 2.78 bits per heavy atom. The van der Waals surface area contributed by atoms with Crippen LogP contribution in [0, 0.1) is 6.92 Å². The highest BCUT2D eigenvalue weighted by Crippen LogP contribution is 2.14. The Morgan fingerprint density at radius 1 is 1.28 bits per heavy atom. The summed E-state index contributed by atoms with van der Waals surface area (Å²) in [6.07, 6.45) is 7.55. The number of pyridine rings is 2. The van der Waals surface area contributed by atoms with Crippen molar-refractivity contribution >= 4 is 11.6 Å². The summed E-state index contributed by atoms with van der Waals surface area (Å²) in [6.45, 7) is 3.99. The van der Waals surface area contributed by atoms with Crippen LogP contribution in [0.4, 0.5) is 5.69 Å². The molecule has 0 fully saturated rings. The van der Waals surface area contributed by atoms with Gasteiger partial charge in [-0.2, -0.15) is 0 Å². The number of aryl methyl sites for hydroxylation is 1. The molecule has 0 atom stereocenters. The Hall–Kier alpha value is -2.23. The lowest BCUT2D eigenvalue weighted by Gasteiger charge is -2.09. The summed E-state index contributed by atoms with van der Waals surface area (Å²) in [5.74, 6) is -0.150. The highest BCUT2D eigenvalue weighted by atomic mass is 16.1. The molecule has 2 aromatic heterocycles. The van der Waals surface area contributed by atoms with E-state index < -0.39 is 0 Å². The standard InChI is InChI=1S/C14H15N3O/c1-3-11-7-16-9-13(10(11)2)14(18)17-12-5-4-6-15-8-12/h4-9H,3H2,1-2H3,(H,17,18). The Labute approximate surface area is 106 Å². The number of anilines is 1. The van der Waals surface area contributed by atoms with Crippen molar-refractivity contribution in [3.05, 3.63) is 53.6 Å². The molecule has 4 nitrogen and oxygen atoms in total. The molecule has 0 saturated heterocycles. The van der Waals surface area contributed by atoms with Crippen LogP contribution in [-0.4, -0.2) is 15.9 Å². The van der Waals surface area contributed by atoms with E-state index in [1.165, 1.54) is 0 Å². The first-order chi connectivity index (χ1) is 8.72. The molecule has 18 heavy (non-hydrogen) atoms. The predicted octanol–water partition coefficient (Wildman–Crippen LogP) is 2.60. The molecule has 2 heterocycles. The highest BCUT2D eigenvalue weighted by Gasteiger charge is 2.11. The van der Waals surface area contributed by atoms with Crippen molar-refractivity contribution in [2.45, 2.75) is 20.3 Å². The second-order valence-electron chi connectivity index (χ2n) is 4.02. The van der Waals surface area contributed by atoms with Gasteiger partial charge in [-0.25, -0.2) is 0 Å². The summed E-state index contributed by atoms with van der Waals surface area (Å²) in [6, 6.07) is 3.58. The molecule has 2 aromatic rings. The van der Waals surface area contributed by atoms with Crippen LogP contribution in [0.3, 0.4) is 0 Å². The number of hydrogen-bond acceptors (Lipinski definition) is 3. The van der Waals surface area contributed by atoms with E-state index in [1.807, 2.05) is 13.8 Å². The van der Waals surface area contributed by atoms with Gasteiger partial charge in [0, 0.05) is 18.6 Å². The lowest BCUT2D eigenvalue weighted by molar-refractivity contribution is 0.102. The number of nitrogens with one attached hydrogen (secondary N) is 1. The number of amides is 1. The molecule has 2 rings (SSSR count). The molecule has 0 radical (unpaired) electrons. The maximum absolute atomic E-state index is 12.1. The van der Waals surface area contributed by atoms with E-state index in [0.29, 0.717) is 11.3 Å². The summed E-state index contributed by atoms with van der Waals surface area (Å²) in [5.41, 5.74) is 3.37. The number of aromatic nitrogens is 2. The second-order valence-corrected chi connectivity index (χ2v) is 4.02. The van der Waals surface area contributed by atoms with E-state index in [0.717, 1.165) is 17.5 Å². The first kappa shape index (κ1) is 12.2. The van der Waals surface area contributed by atoms with Gasteiger partial charge in [0.05, 0.1) is 17.4 Å². The Balaban J connectivity index is 2.24. The molecular weight excluding hydrogens is 226 g/mol. The molecule has 0 saturated carbocycles. The van der Waals surface area contributed by atoms with Crippen LogP contribution in [0.1, 0.15) is 28.4 Å². The van der Waals surface area contributed by atoms with Gasteiger partial charge in [0.15, 0.2) is 0 Å². The molecule has 0 aliphatic heterocycles. The van der Waals surface area contributed by atoms with E-state index in [-0.39, 0.29) is 5.91 Å². The van der Waals surface area contributed by atoms with Crippen LogP contribution in [0.25, 0.3) is 0 Å². The molecule has 0 aromatic carbocycles. The van der Waals surface area contributed by atoms with Gasteiger partial charge in [-0.3, -0.25) is 14.8 Å². The third-order valence-corrected chi connectivity index (χ3v) is 2.86. The normalized spacial score (nSPS) is 10.1. The van der Waals surface area contributed by atoms with Gasteiger partial charge in [-0.05, 0) is 36.6 Å². The van der Waals surface area contributed by atoms with E-state index in [2.05, 4.69) is 15.3 Å². The monoisotopic (exact) mass is 241 g/mol. The zero-order valence-corrected chi connectivity index (χ0v) is 10.5. The van der Waals surface area contributed by atoms with Gasteiger partial charge >= 0.3 is 0 Å². The molecule has 1 amide bonds. The largest absolute Gasteiger partial charge is 0.321 e. The summed E-state index contributed by atoms with van der Waals surface area (Å²) < 4.78 is 0. The number of nitrogens with zero attached hydrogens (tertiary/aromatic N) is 2. The van der Waals surface area contributed by atoms with Crippen molar-refractivity contribution in [3.8, 4) is 0 Å². The molecule has 0 aliphatic rings. The lowest BCUT2D eigenvalue weighted by atomic mass is 10.0. The summed E-state index contributed by atoms with van der Waals surface area (Å²) in [7, 11) is 0. The van der Waals surface area contributed by atoms with Crippen molar-refractivity contribution in [2.24, 2.45) is 0 Å². The zero-order chi connectivity index (χ0) is 13.0. The van der Waals surface area contributed by atoms with Crippen molar-refractivity contribution in [1.82, 2.24) is 9.97 Å². The van der Waals surface area contributed by atoms with Crippen LogP contribution in [0.15, 0.2) is 36.9 Å². The fourth-order valence-electron chi connectivity index (χ4n) is 1.79. The van der Waals surface area contributed by atoms with Crippen LogP contribution in [-0.2, 0) is 6.42 Å². The van der Waals surface area contributed by atoms with E-state index in [4.69, 9.17) is 0 Å². The molecular formula is C14H15N3O. The molecule has 1 N–H and O–H groups in total. The van der Waals surface area contributed by atoms with E-state index >= 15 is 0 Å². The van der Waals surface area contributed by atoms with Crippen LogP contribution >= 0.6 is 0 Å². The third-order valence-electron chi connectivity index (χ3n) is 2.86. The van der Waals surface area contributed by atoms with Gasteiger partial charge in [-0.1, -0.05) is 6.92 Å². The quantitative estimate of drug-likeness (QED) is 0.898. The number of carbonyl (C=O) groups is 1. The van der Waals surface area contributed by atoms with Crippen molar-refractivity contribution in [2.75, 3.05) is 5.32 Å². The zero-order valence-electron chi connectivity index (χ0n) is 10.5. The maximum atomic E-state index is 12.1. The average Bonchev–Trinajstić information content (AvgIpc) is 2.40. The number of carbonyl (C=O) groups excluding carboxylic acids is 1. The van der Waals surface area contributed by atoms with Crippen molar-refractivity contribution < 1.29 is 4.79 Å². The van der Waals surface area contributed by atoms with Gasteiger partial charge in [-0.15, -0.1) is 0 Å². The van der Waals surface area contributed by atoms with Gasteiger partial charge in [0.1, 0.15) is 0 Å². The minimum atomic E-state index is -0.150. The Bertz CT molecular complexity index is 552. The molecule has 0 aliphatic carbocycles. The van der Waals surface area contributed by atoms with Gasteiger partial charge < -0.3 is 5.32 Å². The minimum absolute atomic E-state index is 0.150. The first-order valence-electron chi connectivity index (χ1n) is 5.87. The molecule has 0 bridgehead atoms. The fourth-order valence-corrected chi connectivity index (χ4v) is 1.79. The van der Waals surface area contributed by atoms with Crippen LogP contribution < -0.4 is 5.32 Å². The fraction of sp³-hybridized carbons (Fsp3) is 0.214. The summed E-state index contributed by atoms with van der Waals surface area (Å²) in [4.78, 5) is 20.2. The summed E-state index contributed by atoms with van der Waals surface area (Å²) in [5, 5.41) is 2.81. The maximum Gasteiger partial charge on any atom is 0.257 e. The molecule has 0 unspecified atom stereocenters. The van der Waals surface area contributed by atoms with Gasteiger partial charge in [0.25, 0.3) is 5.91 Å². The second kappa shape index (κ2) is 5.40. The minimum Gasteiger partial charge on any atom is -0.321 e. The average molecular weight is 241 g/mol. The van der Waals surface area contributed by atoms with Crippen LogP contribution in [0.5, 0.6) is 0 Å². The number of rotatable bonds is 3. The van der Waals surface area contributed by atoms with E-state index in [9.17, 15) is 4.79 Å².